The Morgan fingerprint density at radius 2 is 2.36 bits per heavy atom. The SMILES string of the molecule is Cn1nccc1NC(=O)n1ccnc1. The number of rotatable bonds is 1. The van der Waals surface area contributed by atoms with Crippen molar-refractivity contribution in [2.24, 2.45) is 7.05 Å². The fourth-order valence-electron chi connectivity index (χ4n) is 1.05. The summed E-state index contributed by atoms with van der Waals surface area (Å²) < 4.78 is 2.93. The second-order valence-electron chi connectivity index (χ2n) is 2.74. The molecule has 0 atom stereocenters. The fraction of sp³-hybridized carbons (Fsp3) is 0.125. The van der Waals surface area contributed by atoms with Gasteiger partial charge in [0.05, 0.1) is 6.20 Å². The van der Waals surface area contributed by atoms with Crippen LogP contribution in [0, 0.1) is 0 Å². The smallest absolute Gasteiger partial charge is 0.292 e. The second-order valence-corrected chi connectivity index (χ2v) is 2.74. The van der Waals surface area contributed by atoms with Crippen LogP contribution in [-0.2, 0) is 7.05 Å². The lowest BCUT2D eigenvalue weighted by atomic mass is 10.6. The lowest BCUT2D eigenvalue weighted by Crippen LogP contribution is -2.19. The summed E-state index contributed by atoms with van der Waals surface area (Å²) in [7, 11) is 1.75. The van der Waals surface area contributed by atoms with Gasteiger partial charge in [0.15, 0.2) is 0 Å². The van der Waals surface area contributed by atoms with E-state index in [1.807, 2.05) is 0 Å². The quantitative estimate of drug-likeness (QED) is 0.721. The normalized spacial score (nSPS) is 10.1. The average molecular weight is 191 g/mol. The first kappa shape index (κ1) is 8.49. The highest BCUT2D eigenvalue weighted by atomic mass is 16.2. The largest absolute Gasteiger partial charge is 0.332 e. The van der Waals surface area contributed by atoms with Gasteiger partial charge in [-0.15, -0.1) is 0 Å². The van der Waals surface area contributed by atoms with E-state index in [1.54, 1.807) is 36.4 Å². The molecule has 72 valence electrons. The average Bonchev–Trinajstić information content (AvgIpc) is 2.77. The molecule has 0 aliphatic heterocycles. The van der Waals surface area contributed by atoms with Gasteiger partial charge in [-0.05, 0) is 0 Å². The van der Waals surface area contributed by atoms with Crippen molar-refractivity contribution in [3.8, 4) is 0 Å². The maximum Gasteiger partial charge on any atom is 0.332 e. The highest BCUT2D eigenvalue weighted by Crippen LogP contribution is 2.03. The third-order valence-corrected chi connectivity index (χ3v) is 1.79. The number of nitrogens with zero attached hydrogens (tertiary/aromatic N) is 4. The summed E-state index contributed by atoms with van der Waals surface area (Å²) >= 11 is 0. The molecule has 0 bridgehead atoms. The van der Waals surface area contributed by atoms with Crippen LogP contribution in [0.5, 0.6) is 0 Å². The molecule has 0 aliphatic rings. The van der Waals surface area contributed by atoms with Crippen molar-refractivity contribution in [3.63, 3.8) is 0 Å². The Hall–Kier alpha value is -2.11. The monoisotopic (exact) mass is 191 g/mol. The molecule has 0 spiro atoms. The van der Waals surface area contributed by atoms with Crippen molar-refractivity contribution >= 4 is 11.8 Å². The van der Waals surface area contributed by atoms with Gasteiger partial charge in [-0.1, -0.05) is 0 Å². The van der Waals surface area contributed by atoms with Crippen molar-refractivity contribution in [3.05, 3.63) is 31.0 Å². The number of nitrogens with one attached hydrogen (secondary N) is 1. The summed E-state index contributed by atoms with van der Waals surface area (Å²) in [4.78, 5) is 15.3. The number of imidazole rings is 1. The molecule has 0 aliphatic carbocycles. The Bertz CT molecular complexity index is 430. The van der Waals surface area contributed by atoms with Crippen LogP contribution in [0.2, 0.25) is 0 Å². The van der Waals surface area contributed by atoms with Gasteiger partial charge in [0.25, 0.3) is 0 Å². The number of hydrogen-bond donors (Lipinski definition) is 1. The van der Waals surface area contributed by atoms with Crippen molar-refractivity contribution in [2.75, 3.05) is 5.32 Å². The molecular formula is C8H9N5O. The predicted molar refractivity (Wildman–Crippen MR) is 49.9 cm³/mol. The van der Waals surface area contributed by atoms with Crippen molar-refractivity contribution in [1.29, 1.82) is 0 Å². The van der Waals surface area contributed by atoms with Crippen LogP contribution >= 0.6 is 0 Å². The summed E-state index contributed by atoms with van der Waals surface area (Å²) in [6, 6.07) is 1.46. The van der Waals surface area contributed by atoms with E-state index in [0.717, 1.165) is 0 Å². The molecule has 0 fully saturated rings. The van der Waals surface area contributed by atoms with Crippen molar-refractivity contribution in [1.82, 2.24) is 19.3 Å². The molecule has 0 unspecified atom stereocenters. The molecule has 1 amide bonds. The summed E-state index contributed by atoms with van der Waals surface area (Å²) in [6.07, 6.45) is 6.17. The van der Waals surface area contributed by atoms with Crippen molar-refractivity contribution < 1.29 is 4.79 Å². The predicted octanol–water partition coefficient (Wildman–Crippen LogP) is 0.697. The van der Waals surface area contributed by atoms with E-state index in [0.29, 0.717) is 5.82 Å². The first-order valence-corrected chi connectivity index (χ1v) is 4.04. The van der Waals surface area contributed by atoms with E-state index >= 15 is 0 Å². The third kappa shape index (κ3) is 1.49. The number of amides is 1. The van der Waals surface area contributed by atoms with Gasteiger partial charge in [-0.3, -0.25) is 14.6 Å². The van der Waals surface area contributed by atoms with Gasteiger partial charge >= 0.3 is 6.03 Å². The Morgan fingerprint density at radius 1 is 1.50 bits per heavy atom. The Labute approximate surface area is 80.2 Å². The third-order valence-electron chi connectivity index (χ3n) is 1.79. The molecule has 1 N–H and O–H groups in total. The van der Waals surface area contributed by atoms with E-state index < -0.39 is 0 Å². The minimum atomic E-state index is -0.258. The standard InChI is InChI=1S/C8H9N5O/c1-12-7(2-3-10-12)11-8(14)13-5-4-9-6-13/h2-6H,1H3,(H,11,14). The summed E-state index contributed by atoms with van der Waals surface area (Å²) in [5, 5.41) is 6.61. The fourth-order valence-corrected chi connectivity index (χ4v) is 1.05. The minimum absolute atomic E-state index is 0.258. The van der Waals surface area contributed by atoms with E-state index in [4.69, 9.17) is 0 Å². The number of aryl methyl sites for hydroxylation is 1. The molecular weight excluding hydrogens is 182 g/mol. The number of carbonyl (C=O) groups excluding carboxylic acids is 1. The number of aromatic nitrogens is 4. The Kier molecular flexibility index (Phi) is 2.02. The maximum atomic E-state index is 11.5. The highest BCUT2D eigenvalue weighted by Gasteiger charge is 2.05. The van der Waals surface area contributed by atoms with Gasteiger partial charge in [-0.25, -0.2) is 9.78 Å². The molecule has 0 saturated heterocycles. The topological polar surface area (TPSA) is 64.7 Å². The molecule has 0 aromatic carbocycles. The molecule has 0 radical (unpaired) electrons. The first-order chi connectivity index (χ1) is 6.77. The zero-order valence-corrected chi connectivity index (χ0v) is 7.58. The van der Waals surface area contributed by atoms with E-state index in [2.05, 4.69) is 15.4 Å². The molecule has 6 nitrogen and oxygen atoms in total. The lowest BCUT2D eigenvalue weighted by Gasteiger charge is -2.04. The molecule has 0 saturated carbocycles. The maximum absolute atomic E-state index is 11.5. The van der Waals surface area contributed by atoms with E-state index in [-0.39, 0.29) is 6.03 Å². The molecule has 2 aromatic rings. The Morgan fingerprint density at radius 3 is 2.93 bits per heavy atom. The highest BCUT2D eigenvalue weighted by molar-refractivity contribution is 5.89. The van der Waals surface area contributed by atoms with Crippen LogP contribution in [0.15, 0.2) is 31.0 Å². The zero-order chi connectivity index (χ0) is 9.97. The zero-order valence-electron chi connectivity index (χ0n) is 7.58. The Balaban J connectivity index is 2.13. The van der Waals surface area contributed by atoms with Gasteiger partial charge in [0.2, 0.25) is 0 Å². The summed E-state index contributed by atoms with van der Waals surface area (Å²) in [6.45, 7) is 0. The van der Waals surface area contributed by atoms with Crippen LogP contribution in [0.25, 0.3) is 0 Å². The van der Waals surface area contributed by atoms with Crippen LogP contribution in [-0.4, -0.2) is 25.4 Å². The number of hydrogen-bond acceptors (Lipinski definition) is 3. The van der Waals surface area contributed by atoms with Gasteiger partial charge in [0.1, 0.15) is 12.1 Å². The van der Waals surface area contributed by atoms with Gasteiger partial charge in [0, 0.05) is 25.5 Å². The van der Waals surface area contributed by atoms with Gasteiger partial charge < -0.3 is 0 Å². The van der Waals surface area contributed by atoms with Crippen LogP contribution in [0.1, 0.15) is 0 Å². The molecule has 2 aromatic heterocycles. The van der Waals surface area contributed by atoms with E-state index in [1.165, 1.54) is 10.9 Å². The summed E-state index contributed by atoms with van der Waals surface area (Å²) in [5.41, 5.74) is 0. The van der Waals surface area contributed by atoms with Gasteiger partial charge in [-0.2, -0.15) is 5.10 Å². The number of anilines is 1. The van der Waals surface area contributed by atoms with Crippen LogP contribution in [0.4, 0.5) is 10.6 Å². The molecule has 2 heterocycles. The lowest BCUT2D eigenvalue weighted by molar-refractivity contribution is 0.253. The van der Waals surface area contributed by atoms with E-state index in [9.17, 15) is 4.79 Å². The molecule has 14 heavy (non-hydrogen) atoms. The summed E-state index contributed by atoms with van der Waals surface area (Å²) in [5.74, 6) is 0.642. The molecule has 2 rings (SSSR count). The molecule has 6 heteroatoms. The first-order valence-electron chi connectivity index (χ1n) is 4.04. The van der Waals surface area contributed by atoms with Crippen LogP contribution < -0.4 is 5.32 Å². The minimum Gasteiger partial charge on any atom is -0.292 e. The van der Waals surface area contributed by atoms with Crippen molar-refractivity contribution in [2.45, 2.75) is 0 Å². The second kappa shape index (κ2) is 3.33. The number of carbonyl (C=O) groups is 1. The van der Waals surface area contributed by atoms with Crippen LogP contribution in [0.3, 0.4) is 0 Å².